The molecule has 2 aliphatic rings. The van der Waals surface area contributed by atoms with Crippen LogP contribution >= 0.6 is 0 Å². The Kier molecular flexibility index (Phi) is 4.26. The van der Waals surface area contributed by atoms with Gasteiger partial charge in [0.05, 0.1) is 24.8 Å². The van der Waals surface area contributed by atoms with E-state index in [1.807, 2.05) is 4.68 Å². The van der Waals surface area contributed by atoms with Gasteiger partial charge in [-0.2, -0.15) is 5.10 Å². The molecule has 0 bridgehead atoms. The molecule has 1 aromatic rings. The van der Waals surface area contributed by atoms with Crippen molar-refractivity contribution in [1.29, 1.82) is 0 Å². The SMILES string of the molecule is O=C(CC1(O)CCCC1)Nc1ccnn1CC1CCOC1. The molecule has 0 spiro atoms. The predicted octanol–water partition coefficient (Wildman–Crippen LogP) is 1.55. The fourth-order valence-electron chi connectivity index (χ4n) is 3.25. The molecule has 21 heavy (non-hydrogen) atoms. The third-order valence-electron chi connectivity index (χ3n) is 4.46. The van der Waals surface area contributed by atoms with Gasteiger partial charge in [0, 0.05) is 25.1 Å². The van der Waals surface area contributed by atoms with Gasteiger partial charge >= 0.3 is 0 Å². The van der Waals surface area contributed by atoms with Gasteiger partial charge in [-0.1, -0.05) is 12.8 Å². The molecule has 1 saturated carbocycles. The van der Waals surface area contributed by atoms with E-state index in [0.29, 0.717) is 11.7 Å². The lowest BCUT2D eigenvalue weighted by atomic mass is 9.98. The fourth-order valence-corrected chi connectivity index (χ4v) is 3.25. The average Bonchev–Trinajstić information content (AvgIpc) is 3.15. The number of anilines is 1. The van der Waals surface area contributed by atoms with Crippen LogP contribution in [0.25, 0.3) is 0 Å². The van der Waals surface area contributed by atoms with Gasteiger partial charge in [0.25, 0.3) is 0 Å². The lowest BCUT2D eigenvalue weighted by Crippen LogP contribution is -2.31. The number of ether oxygens (including phenoxy) is 1. The molecule has 6 nitrogen and oxygen atoms in total. The molecule has 1 atom stereocenters. The number of aliphatic hydroxyl groups is 1. The first kappa shape index (κ1) is 14.5. The van der Waals surface area contributed by atoms with Crippen molar-refractivity contribution in [2.24, 2.45) is 5.92 Å². The smallest absolute Gasteiger partial charge is 0.228 e. The van der Waals surface area contributed by atoms with E-state index in [4.69, 9.17) is 4.74 Å². The number of nitrogens with one attached hydrogen (secondary N) is 1. The molecular formula is C15H23N3O3. The first-order valence-corrected chi connectivity index (χ1v) is 7.76. The zero-order valence-corrected chi connectivity index (χ0v) is 12.3. The molecule has 2 fully saturated rings. The second-order valence-electron chi connectivity index (χ2n) is 6.28. The maximum Gasteiger partial charge on any atom is 0.228 e. The van der Waals surface area contributed by atoms with Crippen molar-refractivity contribution in [2.75, 3.05) is 18.5 Å². The van der Waals surface area contributed by atoms with Crippen LogP contribution < -0.4 is 5.32 Å². The number of carbonyl (C=O) groups is 1. The summed E-state index contributed by atoms with van der Waals surface area (Å²) in [5.74, 6) is 1.02. The van der Waals surface area contributed by atoms with Gasteiger partial charge in [-0.05, 0) is 19.3 Å². The second kappa shape index (κ2) is 6.15. The van der Waals surface area contributed by atoms with E-state index in [1.165, 1.54) is 0 Å². The highest BCUT2D eigenvalue weighted by Gasteiger charge is 2.33. The van der Waals surface area contributed by atoms with E-state index in [0.717, 1.165) is 51.9 Å². The zero-order chi connectivity index (χ0) is 14.7. The Labute approximate surface area is 124 Å². The standard InChI is InChI=1S/C15H23N3O3/c19-14(9-15(20)5-1-2-6-15)17-13-3-7-16-18(13)10-12-4-8-21-11-12/h3,7,12,20H,1-2,4-6,8-11H2,(H,17,19). The summed E-state index contributed by atoms with van der Waals surface area (Å²) in [6.07, 6.45) is 6.35. The van der Waals surface area contributed by atoms with Gasteiger partial charge in [0.1, 0.15) is 5.82 Å². The van der Waals surface area contributed by atoms with Crippen LogP contribution in [-0.4, -0.2) is 39.6 Å². The maximum atomic E-state index is 12.1. The number of nitrogens with zero attached hydrogens (tertiary/aromatic N) is 2. The van der Waals surface area contributed by atoms with Crippen LogP contribution in [0.2, 0.25) is 0 Å². The highest BCUT2D eigenvalue weighted by molar-refractivity contribution is 5.90. The van der Waals surface area contributed by atoms with Gasteiger partial charge in [0.15, 0.2) is 0 Å². The Hall–Kier alpha value is -1.40. The van der Waals surface area contributed by atoms with Gasteiger partial charge in [-0.15, -0.1) is 0 Å². The molecule has 1 unspecified atom stereocenters. The van der Waals surface area contributed by atoms with Gasteiger partial charge in [-0.25, -0.2) is 4.68 Å². The summed E-state index contributed by atoms with van der Waals surface area (Å²) >= 11 is 0. The Morgan fingerprint density at radius 3 is 3.05 bits per heavy atom. The van der Waals surface area contributed by atoms with Crippen LogP contribution in [0.5, 0.6) is 0 Å². The molecule has 2 heterocycles. The maximum absolute atomic E-state index is 12.1. The summed E-state index contributed by atoms with van der Waals surface area (Å²) in [6.45, 7) is 2.32. The van der Waals surface area contributed by atoms with E-state index in [2.05, 4.69) is 10.4 Å². The van der Waals surface area contributed by atoms with Crippen LogP contribution in [0.3, 0.4) is 0 Å². The lowest BCUT2D eigenvalue weighted by Gasteiger charge is -2.21. The molecule has 1 aromatic heterocycles. The van der Waals surface area contributed by atoms with Crippen molar-refractivity contribution in [3.8, 4) is 0 Å². The molecule has 1 aliphatic carbocycles. The third kappa shape index (κ3) is 3.63. The van der Waals surface area contributed by atoms with Crippen LogP contribution in [-0.2, 0) is 16.1 Å². The topological polar surface area (TPSA) is 76.4 Å². The zero-order valence-electron chi connectivity index (χ0n) is 12.3. The van der Waals surface area contributed by atoms with Crippen molar-refractivity contribution in [2.45, 2.75) is 50.7 Å². The van der Waals surface area contributed by atoms with Crippen LogP contribution in [0.15, 0.2) is 12.3 Å². The average molecular weight is 293 g/mol. The van der Waals surface area contributed by atoms with E-state index in [-0.39, 0.29) is 12.3 Å². The quantitative estimate of drug-likeness (QED) is 0.863. The number of aromatic nitrogens is 2. The molecule has 116 valence electrons. The van der Waals surface area contributed by atoms with Crippen LogP contribution in [0.1, 0.15) is 38.5 Å². The summed E-state index contributed by atoms with van der Waals surface area (Å²) in [4.78, 5) is 12.1. The van der Waals surface area contributed by atoms with Crippen molar-refractivity contribution < 1.29 is 14.6 Å². The monoisotopic (exact) mass is 293 g/mol. The Bertz CT molecular complexity index is 488. The van der Waals surface area contributed by atoms with Crippen molar-refractivity contribution in [3.05, 3.63) is 12.3 Å². The Balaban J connectivity index is 1.57. The molecule has 1 aliphatic heterocycles. The number of carbonyl (C=O) groups excluding carboxylic acids is 1. The normalized spacial score (nSPS) is 24.3. The van der Waals surface area contributed by atoms with E-state index in [1.54, 1.807) is 12.3 Å². The number of amides is 1. The largest absolute Gasteiger partial charge is 0.389 e. The first-order valence-electron chi connectivity index (χ1n) is 7.76. The molecule has 0 aromatic carbocycles. The minimum Gasteiger partial charge on any atom is -0.389 e. The number of hydrogen-bond donors (Lipinski definition) is 2. The number of hydrogen-bond acceptors (Lipinski definition) is 4. The molecule has 6 heteroatoms. The Morgan fingerprint density at radius 1 is 1.52 bits per heavy atom. The summed E-state index contributed by atoms with van der Waals surface area (Å²) < 4.78 is 7.18. The van der Waals surface area contributed by atoms with Gasteiger partial charge < -0.3 is 15.2 Å². The lowest BCUT2D eigenvalue weighted by molar-refractivity contribution is -0.120. The summed E-state index contributed by atoms with van der Waals surface area (Å²) in [6, 6.07) is 1.80. The molecule has 0 radical (unpaired) electrons. The third-order valence-corrected chi connectivity index (χ3v) is 4.46. The van der Waals surface area contributed by atoms with E-state index < -0.39 is 5.60 Å². The van der Waals surface area contributed by atoms with Gasteiger partial charge in [-0.3, -0.25) is 4.79 Å². The van der Waals surface area contributed by atoms with Crippen LogP contribution in [0, 0.1) is 5.92 Å². The molecule has 1 amide bonds. The first-order chi connectivity index (χ1) is 10.1. The van der Waals surface area contributed by atoms with Crippen molar-refractivity contribution >= 4 is 11.7 Å². The minimum absolute atomic E-state index is 0.135. The summed E-state index contributed by atoms with van der Waals surface area (Å²) in [5.41, 5.74) is -0.811. The minimum atomic E-state index is -0.811. The highest BCUT2D eigenvalue weighted by atomic mass is 16.5. The molecule has 3 rings (SSSR count). The molecule has 2 N–H and O–H groups in total. The van der Waals surface area contributed by atoms with Crippen LogP contribution in [0.4, 0.5) is 5.82 Å². The Morgan fingerprint density at radius 2 is 2.33 bits per heavy atom. The molecular weight excluding hydrogens is 270 g/mol. The van der Waals surface area contributed by atoms with Crippen molar-refractivity contribution in [1.82, 2.24) is 9.78 Å². The summed E-state index contributed by atoms with van der Waals surface area (Å²) in [7, 11) is 0. The molecule has 1 saturated heterocycles. The van der Waals surface area contributed by atoms with E-state index in [9.17, 15) is 9.90 Å². The number of rotatable bonds is 5. The van der Waals surface area contributed by atoms with Crippen molar-refractivity contribution in [3.63, 3.8) is 0 Å². The summed E-state index contributed by atoms with van der Waals surface area (Å²) in [5, 5.41) is 17.4. The second-order valence-corrected chi connectivity index (χ2v) is 6.28. The highest BCUT2D eigenvalue weighted by Crippen LogP contribution is 2.32. The predicted molar refractivity (Wildman–Crippen MR) is 77.8 cm³/mol. The fraction of sp³-hybridized carbons (Fsp3) is 0.733. The van der Waals surface area contributed by atoms with Gasteiger partial charge in [0.2, 0.25) is 5.91 Å². The van der Waals surface area contributed by atoms with E-state index >= 15 is 0 Å².